The molecule has 0 bridgehead atoms. The van der Waals surface area contributed by atoms with Crippen LogP contribution in [0.15, 0.2) is 35.3 Å². The molecule has 3 nitrogen and oxygen atoms in total. The maximum Gasteiger partial charge on any atom is 0.198 e. The SMILES string of the molecule is Br.Cc1ccc2c3c(cccc13)NC(N)=N2. The zero-order chi connectivity index (χ0) is 10.4. The fourth-order valence-corrected chi connectivity index (χ4v) is 2.03. The highest BCUT2D eigenvalue weighted by molar-refractivity contribution is 8.93. The third kappa shape index (κ3) is 1.46. The van der Waals surface area contributed by atoms with Crippen molar-refractivity contribution in [2.75, 3.05) is 5.32 Å². The van der Waals surface area contributed by atoms with Crippen LogP contribution in [-0.2, 0) is 0 Å². The Morgan fingerprint density at radius 3 is 2.81 bits per heavy atom. The zero-order valence-electron chi connectivity index (χ0n) is 8.82. The molecule has 0 saturated carbocycles. The van der Waals surface area contributed by atoms with E-state index in [1.807, 2.05) is 18.2 Å². The first kappa shape index (κ1) is 11.0. The highest BCUT2D eigenvalue weighted by Crippen LogP contribution is 2.36. The molecule has 0 radical (unpaired) electrons. The van der Waals surface area contributed by atoms with Crippen molar-refractivity contribution < 1.29 is 0 Å². The molecular formula is C12H12BrN3. The molecule has 0 fully saturated rings. The van der Waals surface area contributed by atoms with E-state index in [0.29, 0.717) is 5.96 Å². The van der Waals surface area contributed by atoms with Gasteiger partial charge in [-0.05, 0) is 30.0 Å². The van der Waals surface area contributed by atoms with Gasteiger partial charge < -0.3 is 11.1 Å². The number of nitrogens with zero attached hydrogens (tertiary/aromatic N) is 1. The Bertz CT molecular complexity index is 590. The lowest BCUT2D eigenvalue weighted by atomic mass is 10.0. The smallest absolute Gasteiger partial charge is 0.198 e. The first-order valence-electron chi connectivity index (χ1n) is 4.89. The lowest BCUT2D eigenvalue weighted by Crippen LogP contribution is -2.23. The summed E-state index contributed by atoms with van der Waals surface area (Å²) in [5, 5.41) is 5.47. The number of hydrogen-bond donors (Lipinski definition) is 2. The Labute approximate surface area is 104 Å². The van der Waals surface area contributed by atoms with Crippen LogP contribution in [0.25, 0.3) is 10.8 Å². The van der Waals surface area contributed by atoms with Gasteiger partial charge in [-0.15, -0.1) is 17.0 Å². The molecule has 2 aromatic rings. The largest absolute Gasteiger partial charge is 0.369 e. The van der Waals surface area contributed by atoms with Gasteiger partial charge in [-0.2, -0.15) is 0 Å². The Morgan fingerprint density at radius 2 is 2.00 bits per heavy atom. The Kier molecular flexibility index (Phi) is 2.59. The Hall–Kier alpha value is -1.55. The van der Waals surface area contributed by atoms with Gasteiger partial charge in [0.15, 0.2) is 5.96 Å². The normalized spacial score (nSPS) is 12.7. The molecule has 82 valence electrons. The van der Waals surface area contributed by atoms with Crippen LogP contribution in [0.2, 0.25) is 0 Å². The molecule has 1 aliphatic heterocycles. The summed E-state index contributed by atoms with van der Waals surface area (Å²) >= 11 is 0. The lowest BCUT2D eigenvalue weighted by Gasteiger charge is -2.17. The van der Waals surface area contributed by atoms with Gasteiger partial charge >= 0.3 is 0 Å². The van der Waals surface area contributed by atoms with Crippen LogP contribution >= 0.6 is 17.0 Å². The first-order chi connectivity index (χ1) is 7.25. The van der Waals surface area contributed by atoms with E-state index in [4.69, 9.17) is 5.73 Å². The number of benzene rings is 2. The van der Waals surface area contributed by atoms with Gasteiger partial charge in [0.1, 0.15) is 0 Å². The van der Waals surface area contributed by atoms with Crippen molar-refractivity contribution in [2.45, 2.75) is 6.92 Å². The summed E-state index contributed by atoms with van der Waals surface area (Å²) in [5.41, 5.74) is 8.95. The molecule has 0 aliphatic carbocycles. The molecule has 0 amide bonds. The maximum atomic E-state index is 5.70. The van der Waals surface area contributed by atoms with Gasteiger partial charge in [0.25, 0.3) is 0 Å². The molecule has 1 aliphatic rings. The molecule has 4 heteroatoms. The number of nitrogens with one attached hydrogen (secondary N) is 1. The van der Waals surface area contributed by atoms with Crippen LogP contribution in [-0.4, -0.2) is 5.96 Å². The van der Waals surface area contributed by atoms with Gasteiger partial charge in [-0.1, -0.05) is 18.2 Å². The van der Waals surface area contributed by atoms with Gasteiger partial charge in [0.05, 0.1) is 11.4 Å². The van der Waals surface area contributed by atoms with Crippen molar-refractivity contribution in [3.63, 3.8) is 0 Å². The monoisotopic (exact) mass is 277 g/mol. The van der Waals surface area contributed by atoms with E-state index in [9.17, 15) is 0 Å². The number of anilines is 1. The second-order valence-electron chi connectivity index (χ2n) is 3.75. The summed E-state index contributed by atoms with van der Waals surface area (Å²) in [6.45, 7) is 2.10. The van der Waals surface area contributed by atoms with Crippen LogP contribution in [0, 0.1) is 6.92 Å². The van der Waals surface area contributed by atoms with Crippen molar-refractivity contribution in [3.05, 3.63) is 35.9 Å². The van der Waals surface area contributed by atoms with Gasteiger partial charge in [-0.3, -0.25) is 0 Å². The fraction of sp³-hybridized carbons (Fsp3) is 0.0833. The summed E-state index contributed by atoms with van der Waals surface area (Å²) in [4.78, 5) is 4.29. The number of guanidine groups is 1. The van der Waals surface area contributed by atoms with E-state index in [0.717, 1.165) is 16.8 Å². The second-order valence-corrected chi connectivity index (χ2v) is 3.75. The molecule has 0 saturated heterocycles. The summed E-state index contributed by atoms with van der Waals surface area (Å²) in [6.07, 6.45) is 0. The first-order valence-corrected chi connectivity index (χ1v) is 4.89. The van der Waals surface area contributed by atoms with Crippen LogP contribution in [0.4, 0.5) is 11.4 Å². The van der Waals surface area contributed by atoms with Crippen molar-refractivity contribution in [1.82, 2.24) is 0 Å². The molecule has 3 rings (SSSR count). The van der Waals surface area contributed by atoms with Gasteiger partial charge in [0.2, 0.25) is 0 Å². The Morgan fingerprint density at radius 1 is 1.19 bits per heavy atom. The average Bonchev–Trinajstić information content (AvgIpc) is 2.23. The number of nitrogens with two attached hydrogens (primary N) is 1. The van der Waals surface area contributed by atoms with E-state index in [-0.39, 0.29) is 17.0 Å². The quantitative estimate of drug-likeness (QED) is 0.778. The summed E-state index contributed by atoms with van der Waals surface area (Å²) in [5.74, 6) is 0.457. The van der Waals surface area contributed by atoms with Crippen molar-refractivity contribution in [2.24, 2.45) is 10.7 Å². The van der Waals surface area contributed by atoms with E-state index >= 15 is 0 Å². The minimum absolute atomic E-state index is 0. The molecule has 2 aromatic carbocycles. The Balaban J connectivity index is 0.000000963. The topological polar surface area (TPSA) is 50.4 Å². The average molecular weight is 278 g/mol. The van der Waals surface area contributed by atoms with Crippen molar-refractivity contribution in [3.8, 4) is 0 Å². The fourth-order valence-electron chi connectivity index (χ4n) is 2.03. The number of halogens is 1. The lowest BCUT2D eigenvalue weighted by molar-refractivity contribution is 1.42. The highest BCUT2D eigenvalue weighted by Gasteiger charge is 2.12. The van der Waals surface area contributed by atoms with Gasteiger partial charge in [-0.25, -0.2) is 4.99 Å². The zero-order valence-corrected chi connectivity index (χ0v) is 10.5. The standard InChI is InChI=1S/C12H11N3.BrH/c1-7-5-6-10-11-8(7)3-2-4-9(11)14-12(13)15-10;/h2-6H,1H3,(H3,13,14,15);1H. The van der Waals surface area contributed by atoms with E-state index in [2.05, 4.69) is 29.4 Å². The van der Waals surface area contributed by atoms with Crippen LogP contribution in [0.3, 0.4) is 0 Å². The molecule has 0 spiro atoms. The summed E-state index contributed by atoms with van der Waals surface area (Å²) in [7, 11) is 0. The number of rotatable bonds is 0. The van der Waals surface area contributed by atoms with Crippen molar-refractivity contribution in [1.29, 1.82) is 0 Å². The predicted octanol–water partition coefficient (Wildman–Crippen LogP) is 3.10. The molecule has 3 N–H and O–H groups in total. The highest BCUT2D eigenvalue weighted by atomic mass is 79.9. The summed E-state index contributed by atoms with van der Waals surface area (Å²) < 4.78 is 0. The maximum absolute atomic E-state index is 5.70. The van der Waals surface area contributed by atoms with Gasteiger partial charge in [0, 0.05) is 5.39 Å². The van der Waals surface area contributed by atoms with E-state index in [1.54, 1.807) is 0 Å². The molecular weight excluding hydrogens is 266 g/mol. The number of hydrogen-bond acceptors (Lipinski definition) is 3. The minimum atomic E-state index is 0. The molecule has 1 heterocycles. The third-order valence-electron chi connectivity index (χ3n) is 2.74. The number of aryl methyl sites for hydroxylation is 1. The van der Waals surface area contributed by atoms with Crippen molar-refractivity contribution >= 4 is 45.1 Å². The molecule has 16 heavy (non-hydrogen) atoms. The van der Waals surface area contributed by atoms with Crippen LogP contribution in [0.5, 0.6) is 0 Å². The molecule has 0 aromatic heterocycles. The van der Waals surface area contributed by atoms with E-state index < -0.39 is 0 Å². The summed E-state index contributed by atoms with van der Waals surface area (Å²) in [6, 6.07) is 10.2. The second kappa shape index (κ2) is 3.79. The molecule has 0 atom stereocenters. The minimum Gasteiger partial charge on any atom is -0.369 e. The predicted molar refractivity (Wildman–Crippen MR) is 73.9 cm³/mol. The third-order valence-corrected chi connectivity index (χ3v) is 2.74. The molecule has 0 unspecified atom stereocenters. The van der Waals surface area contributed by atoms with Crippen LogP contribution in [0.1, 0.15) is 5.56 Å². The van der Waals surface area contributed by atoms with Crippen LogP contribution < -0.4 is 11.1 Å². The van der Waals surface area contributed by atoms with E-state index in [1.165, 1.54) is 10.9 Å². The number of aliphatic imine (C=N–C) groups is 1.